The molecule has 12 heteroatoms. The Labute approximate surface area is 413 Å². The number of nitrogens with one attached hydrogen (secondary N) is 1. The van der Waals surface area contributed by atoms with E-state index in [1.165, 1.54) is 180 Å². The maximum atomic E-state index is 13.3. The molecule has 8 atom stereocenters. The van der Waals surface area contributed by atoms with Crippen molar-refractivity contribution in [1.82, 2.24) is 20.3 Å². The van der Waals surface area contributed by atoms with Crippen molar-refractivity contribution >= 4 is 16.9 Å². The van der Waals surface area contributed by atoms with Gasteiger partial charge in [0.15, 0.2) is 6.29 Å². The molecule has 1 fully saturated rings. The molecule has 1 aliphatic rings. The number of fused-ring (bicyclic) bond motifs is 1. The van der Waals surface area contributed by atoms with Gasteiger partial charge in [-0.25, -0.2) is 4.68 Å². The number of nitrogens with zero attached hydrogens (tertiary/aromatic N) is 3. The van der Waals surface area contributed by atoms with E-state index in [1.807, 2.05) is 24.3 Å². The lowest BCUT2D eigenvalue weighted by Crippen LogP contribution is -2.60. The Kier molecular flexibility index (Phi) is 34.9. The largest absolute Gasteiger partial charge is 0.390 e. The topological polar surface area (TPSA) is 179 Å². The standard InChI is InChI=1S/C56H102N4O8/c1-3-5-7-9-11-13-15-17-18-19-20-21-22-23-24-25-26-27-29-31-33-35-37-43-51(62)57-47(52(63)49(61)42-36-34-32-30-28-16-14-12-10-8-6-4-2)45-67-56-55(66)54(65)53(64)50(68-56)44-60-48-41-39-38-40-46(48)58-59-60/h38-41,47,49-50,52-56,61,63-66H,3-37,42-45H2,1-2H3,(H,57,62)/t47-,49+,50+,52-,53-,54-,55+,56-/m0/s1. The van der Waals surface area contributed by atoms with Crippen molar-refractivity contribution in [1.29, 1.82) is 0 Å². The number of aliphatic hydroxyl groups excluding tert-OH is 5. The molecule has 1 amide bonds. The third kappa shape index (κ3) is 26.3. The Morgan fingerprint density at radius 1 is 0.603 bits per heavy atom. The molecule has 1 aliphatic heterocycles. The van der Waals surface area contributed by atoms with E-state index in [-0.39, 0.29) is 19.1 Å². The van der Waals surface area contributed by atoms with Crippen LogP contribution in [-0.2, 0) is 20.8 Å². The summed E-state index contributed by atoms with van der Waals surface area (Å²) in [7, 11) is 0. The van der Waals surface area contributed by atoms with E-state index < -0.39 is 49.0 Å². The summed E-state index contributed by atoms with van der Waals surface area (Å²) in [4.78, 5) is 13.3. The second-order valence-corrected chi connectivity index (χ2v) is 20.5. The number of ether oxygens (including phenoxy) is 2. The molecule has 0 radical (unpaired) electrons. The molecule has 2 heterocycles. The lowest BCUT2D eigenvalue weighted by Gasteiger charge is -2.41. The van der Waals surface area contributed by atoms with Crippen molar-refractivity contribution in [3.8, 4) is 0 Å². The average molecular weight is 959 g/mol. The van der Waals surface area contributed by atoms with Gasteiger partial charge in [-0.05, 0) is 25.0 Å². The molecule has 0 aliphatic carbocycles. The van der Waals surface area contributed by atoms with Crippen LogP contribution >= 0.6 is 0 Å². The predicted molar refractivity (Wildman–Crippen MR) is 276 cm³/mol. The number of carbonyl (C=O) groups is 1. The summed E-state index contributed by atoms with van der Waals surface area (Å²) >= 11 is 0. The zero-order valence-electron chi connectivity index (χ0n) is 43.3. The normalized spacial score (nSPS) is 20.0. The Bertz CT molecular complexity index is 1480. The molecular weight excluding hydrogens is 857 g/mol. The van der Waals surface area contributed by atoms with E-state index in [2.05, 4.69) is 29.5 Å². The zero-order valence-corrected chi connectivity index (χ0v) is 43.3. The van der Waals surface area contributed by atoms with Gasteiger partial charge in [0.1, 0.15) is 36.0 Å². The summed E-state index contributed by atoms with van der Waals surface area (Å²) in [5.41, 5.74) is 1.38. The van der Waals surface area contributed by atoms with Gasteiger partial charge < -0.3 is 40.3 Å². The van der Waals surface area contributed by atoms with Gasteiger partial charge in [0.2, 0.25) is 5.91 Å². The molecular formula is C56H102N4O8. The van der Waals surface area contributed by atoms with Crippen molar-refractivity contribution in [3.05, 3.63) is 24.3 Å². The first-order valence-electron chi connectivity index (χ1n) is 28.5. The highest BCUT2D eigenvalue weighted by Gasteiger charge is 2.45. The first kappa shape index (κ1) is 60.1. The second kappa shape index (κ2) is 39.4. The Morgan fingerprint density at radius 3 is 1.50 bits per heavy atom. The monoisotopic (exact) mass is 959 g/mol. The Morgan fingerprint density at radius 2 is 1.03 bits per heavy atom. The molecule has 1 saturated heterocycles. The van der Waals surface area contributed by atoms with Crippen LogP contribution in [-0.4, -0.2) is 102 Å². The van der Waals surface area contributed by atoms with Gasteiger partial charge in [0.05, 0.1) is 30.8 Å². The van der Waals surface area contributed by atoms with Crippen LogP contribution in [0.4, 0.5) is 0 Å². The highest BCUT2D eigenvalue weighted by atomic mass is 16.7. The van der Waals surface area contributed by atoms with E-state index in [1.54, 1.807) is 4.68 Å². The number of unbranched alkanes of at least 4 members (excludes halogenated alkanes) is 33. The number of para-hydroxylation sites is 1. The minimum absolute atomic E-state index is 0.0332. The van der Waals surface area contributed by atoms with Gasteiger partial charge in [-0.1, -0.05) is 250 Å². The first-order chi connectivity index (χ1) is 33.3. The predicted octanol–water partition coefficient (Wildman–Crippen LogP) is 11.9. The van der Waals surface area contributed by atoms with Gasteiger partial charge in [0, 0.05) is 6.42 Å². The van der Waals surface area contributed by atoms with Crippen LogP contribution in [0.2, 0.25) is 0 Å². The fourth-order valence-electron chi connectivity index (χ4n) is 9.84. The summed E-state index contributed by atoms with van der Waals surface area (Å²) in [5, 5.41) is 66.4. The molecule has 6 N–H and O–H groups in total. The van der Waals surface area contributed by atoms with Crippen LogP contribution in [0.15, 0.2) is 24.3 Å². The van der Waals surface area contributed by atoms with Gasteiger partial charge in [-0.2, -0.15) is 0 Å². The molecule has 0 saturated carbocycles. The molecule has 12 nitrogen and oxygen atoms in total. The van der Waals surface area contributed by atoms with Gasteiger partial charge >= 0.3 is 0 Å². The van der Waals surface area contributed by atoms with Crippen LogP contribution in [0.25, 0.3) is 11.0 Å². The highest BCUT2D eigenvalue weighted by Crippen LogP contribution is 2.25. The SMILES string of the molecule is CCCCCCCCCCCCCCCCCCCCCCCCCC(=O)N[C@@H](CO[C@H]1O[C@H](Cn2nnc3ccccc32)[C@H](O)[C@H](O)[C@H]1O)[C@H](O)[C@H](O)CCCCCCCCCCCCCC. The summed E-state index contributed by atoms with van der Waals surface area (Å²) in [6.45, 7) is 4.28. The molecule has 0 bridgehead atoms. The van der Waals surface area contributed by atoms with E-state index in [0.29, 0.717) is 18.4 Å². The molecule has 1 aromatic carbocycles. The van der Waals surface area contributed by atoms with Crippen LogP contribution in [0.3, 0.4) is 0 Å². The van der Waals surface area contributed by atoms with Crippen LogP contribution in [0.1, 0.15) is 251 Å². The maximum absolute atomic E-state index is 13.3. The number of amides is 1. The quantitative estimate of drug-likeness (QED) is 0.0350. The third-order valence-electron chi connectivity index (χ3n) is 14.4. The van der Waals surface area contributed by atoms with Gasteiger partial charge in [0.25, 0.3) is 0 Å². The summed E-state index contributed by atoms with van der Waals surface area (Å²) in [6.07, 6.45) is 35.7. The third-order valence-corrected chi connectivity index (χ3v) is 14.4. The summed E-state index contributed by atoms with van der Waals surface area (Å²) in [6, 6.07) is 6.36. The van der Waals surface area contributed by atoms with Crippen LogP contribution < -0.4 is 5.32 Å². The number of benzene rings is 1. The number of carbonyl (C=O) groups excluding carboxylic acids is 1. The Balaban J connectivity index is 1.34. The van der Waals surface area contributed by atoms with Crippen LogP contribution in [0.5, 0.6) is 0 Å². The number of aliphatic hydroxyl groups is 5. The molecule has 1 aromatic heterocycles. The molecule has 2 aromatic rings. The highest BCUT2D eigenvalue weighted by molar-refractivity contribution is 5.76. The van der Waals surface area contributed by atoms with E-state index in [9.17, 15) is 30.3 Å². The fraction of sp³-hybridized carbons (Fsp3) is 0.875. The minimum Gasteiger partial charge on any atom is -0.390 e. The molecule has 0 spiro atoms. The molecule has 394 valence electrons. The molecule has 68 heavy (non-hydrogen) atoms. The van der Waals surface area contributed by atoms with Crippen molar-refractivity contribution < 1.29 is 39.8 Å². The van der Waals surface area contributed by atoms with Gasteiger partial charge in [-0.3, -0.25) is 4.79 Å². The van der Waals surface area contributed by atoms with E-state index >= 15 is 0 Å². The van der Waals surface area contributed by atoms with Gasteiger partial charge in [-0.15, -0.1) is 5.10 Å². The van der Waals surface area contributed by atoms with Crippen molar-refractivity contribution in [2.45, 2.75) is 307 Å². The van der Waals surface area contributed by atoms with Crippen LogP contribution in [0, 0.1) is 0 Å². The number of hydrogen-bond acceptors (Lipinski definition) is 10. The number of hydrogen-bond donors (Lipinski definition) is 6. The fourth-order valence-corrected chi connectivity index (χ4v) is 9.84. The number of aromatic nitrogens is 3. The summed E-state index contributed by atoms with van der Waals surface area (Å²) in [5.74, 6) is -0.241. The summed E-state index contributed by atoms with van der Waals surface area (Å²) < 4.78 is 13.5. The Hall–Kier alpha value is -2.19. The van der Waals surface area contributed by atoms with Crippen molar-refractivity contribution in [2.24, 2.45) is 0 Å². The molecule has 0 unspecified atom stereocenters. The minimum atomic E-state index is -1.60. The van der Waals surface area contributed by atoms with Crippen molar-refractivity contribution in [2.75, 3.05) is 6.61 Å². The lowest BCUT2D eigenvalue weighted by atomic mass is 9.98. The zero-order chi connectivity index (χ0) is 48.9. The second-order valence-electron chi connectivity index (χ2n) is 20.5. The molecule has 3 rings (SSSR count). The first-order valence-corrected chi connectivity index (χ1v) is 28.5. The number of rotatable bonds is 45. The smallest absolute Gasteiger partial charge is 0.220 e. The lowest BCUT2D eigenvalue weighted by molar-refractivity contribution is -0.301. The van der Waals surface area contributed by atoms with E-state index in [0.717, 1.165) is 50.5 Å². The maximum Gasteiger partial charge on any atom is 0.220 e. The average Bonchev–Trinajstić information content (AvgIpc) is 3.75. The van der Waals surface area contributed by atoms with Crippen molar-refractivity contribution in [3.63, 3.8) is 0 Å². The van der Waals surface area contributed by atoms with E-state index in [4.69, 9.17) is 9.47 Å².